The van der Waals surface area contributed by atoms with Crippen molar-refractivity contribution in [3.8, 4) is 0 Å². The zero-order valence-electron chi connectivity index (χ0n) is 12.9. The molecule has 5 heteroatoms. The van der Waals surface area contributed by atoms with Crippen LogP contribution in [-0.2, 0) is 0 Å². The Labute approximate surface area is 126 Å². The van der Waals surface area contributed by atoms with Crippen LogP contribution >= 0.6 is 0 Å². The lowest BCUT2D eigenvalue weighted by molar-refractivity contribution is 0.0571. The van der Waals surface area contributed by atoms with Gasteiger partial charge in [-0.15, -0.1) is 0 Å². The number of fused-ring (bicyclic) bond motifs is 1. The molecule has 1 amide bonds. The van der Waals surface area contributed by atoms with E-state index in [0.29, 0.717) is 6.04 Å². The third-order valence-electron chi connectivity index (χ3n) is 4.43. The Morgan fingerprint density at radius 2 is 2.24 bits per heavy atom. The number of hydrogen-bond acceptors (Lipinski definition) is 4. The molecule has 2 saturated heterocycles. The van der Waals surface area contributed by atoms with E-state index in [1.807, 2.05) is 30.9 Å². The number of carbonyl (C=O) groups is 1. The average Bonchev–Trinajstić information content (AvgIpc) is 2.93. The van der Waals surface area contributed by atoms with Crippen LogP contribution in [0.4, 0.5) is 5.82 Å². The SMILES string of the molecule is CCNc1cc(C(=O)N2CCN3CCCC3C2)cc(C)n1. The van der Waals surface area contributed by atoms with Crippen molar-refractivity contribution in [3.63, 3.8) is 0 Å². The molecule has 114 valence electrons. The van der Waals surface area contributed by atoms with Gasteiger partial charge >= 0.3 is 0 Å². The summed E-state index contributed by atoms with van der Waals surface area (Å²) in [6.45, 7) is 8.71. The maximum Gasteiger partial charge on any atom is 0.254 e. The van der Waals surface area contributed by atoms with E-state index < -0.39 is 0 Å². The zero-order chi connectivity index (χ0) is 14.8. The second-order valence-corrected chi connectivity index (χ2v) is 6.00. The molecule has 2 aliphatic heterocycles. The molecule has 0 saturated carbocycles. The van der Waals surface area contributed by atoms with Crippen molar-refractivity contribution in [2.45, 2.75) is 32.7 Å². The number of pyridine rings is 1. The van der Waals surface area contributed by atoms with Gasteiger partial charge in [-0.25, -0.2) is 4.98 Å². The highest BCUT2D eigenvalue weighted by molar-refractivity contribution is 5.95. The maximum absolute atomic E-state index is 12.7. The van der Waals surface area contributed by atoms with Gasteiger partial charge in [0.2, 0.25) is 0 Å². The van der Waals surface area contributed by atoms with Gasteiger partial charge in [0.15, 0.2) is 0 Å². The summed E-state index contributed by atoms with van der Waals surface area (Å²) < 4.78 is 0. The minimum atomic E-state index is 0.145. The van der Waals surface area contributed by atoms with Gasteiger partial charge in [-0.1, -0.05) is 0 Å². The lowest BCUT2D eigenvalue weighted by Gasteiger charge is -2.37. The molecule has 0 radical (unpaired) electrons. The molecule has 0 bridgehead atoms. The Hall–Kier alpha value is -1.62. The van der Waals surface area contributed by atoms with Crippen molar-refractivity contribution >= 4 is 11.7 Å². The van der Waals surface area contributed by atoms with Crippen LogP contribution in [0.5, 0.6) is 0 Å². The van der Waals surface area contributed by atoms with E-state index in [1.54, 1.807) is 0 Å². The Kier molecular flexibility index (Phi) is 4.10. The number of carbonyl (C=O) groups excluding carboxylic acids is 1. The number of anilines is 1. The summed E-state index contributed by atoms with van der Waals surface area (Å²) >= 11 is 0. The molecule has 0 aliphatic carbocycles. The van der Waals surface area contributed by atoms with Crippen LogP contribution < -0.4 is 5.32 Å². The molecule has 3 rings (SSSR count). The number of hydrogen-bond donors (Lipinski definition) is 1. The number of aryl methyl sites for hydroxylation is 1. The van der Waals surface area contributed by atoms with Crippen LogP contribution in [0.2, 0.25) is 0 Å². The first-order chi connectivity index (χ1) is 10.2. The first kappa shape index (κ1) is 14.3. The van der Waals surface area contributed by atoms with E-state index in [4.69, 9.17) is 0 Å². The quantitative estimate of drug-likeness (QED) is 0.920. The van der Waals surface area contributed by atoms with Crippen LogP contribution in [-0.4, -0.2) is 59.5 Å². The highest BCUT2D eigenvalue weighted by Crippen LogP contribution is 2.23. The molecule has 5 nitrogen and oxygen atoms in total. The summed E-state index contributed by atoms with van der Waals surface area (Å²) in [5.74, 6) is 0.937. The van der Waals surface area contributed by atoms with Crippen LogP contribution in [0.25, 0.3) is 0 Å². The number of nitrogens with zero attached hydrogens (tertiary/aromatic N) is 3. The average molecular weight is 288 g/mol. The largest absolute Gasteiger partial charge is 0.370 e. The highest BCUT2D eigenvalue weighted by atomic mass is 16.2. The fourth-order valence-electron chi connectivity index (χ4n) is 3.42. The third kappa shape index (κ3) is 3.02. The Balaban J connectivity index is 1.75. The molecule has 21 heavy (non-hydrogen) atoms. The number of amides is 1. The standard InChI is InChI=1S/C16H24N4O/c1-3-17-15-10-13(9-12(2)18-15)16(21)20-8-7-19-6-4-5-14(19)11-20/h9-10,14H,3-8,11H2,1-2H3,(H,17,18). The molecule has 0 spiro atoms. The van der Waals surface area contributed by atoms with Crippen LogP contribution in [0.3, 0.4) is 0 Å². The Morgan fingerprint density at radius 1 is 1.38 bits per heavy atom. The lowest BCUT2D eigenvalue weighted by Crippen LogP contribution is -2.52. The third-order valence-corrected chi connectivity index (χ3v) is 4.43. The summed E-state index contributed by atoms with van der Waals surface area (Å²) in [5, 5.41) is 3.19. The number of nitrogens with one attached hydrogen (secondary N) is 1. The van der Waals surface area contributed by atoms with E-state index in [-0.39, 0.29) is 5.91 Å². The fourth-order valence-corrected chi connectivity index (χ4v) is 3.42. The smallest absolute Gasteiger partial charge is 0.254 e. The minimum absolute atomic E-state index is 0.145. The monoisotopic (exact) mass is 288 g/mol. The molecule has 2 fully saturated rings. The molecular formula is C16H24N4O. The molecule has 3 heterocycles. The molecule has 1 aromatic rings. The molecule has 1 aromatic heterocycles. The van der Waals surface area contributed by atoms with Crippen LogP contribution in [0.15, 0.2) is 12.1 Å². The summed E-state index contributed by atoms with van der Waals surface area (Å²) in [6, 6.07) is 4.34. The van der Waals surface area contributed by atoms with Gasteiger partial charge in [0.1, 0.15) is 5.82 Å². The van der Waals surface area contributed by atoms with Gasteiger partial charge in [0.05, 0.1) is 0 Å². The normalized spacial score (nSPS) is 22.2. The predicted octanol–water partition coefficient (Wildman–Crippen LogP) is 1.74. The highest BCUT2D eigenvalue weighted by Gasteiger charge is 2.32. The Morgan fingerprint density at radius 3 is 3.05 bits per heavy atom. The summed E-state index contributed by atoms with van der Waals surface area (Å²) in [5.41, 5.74) is 1.64. The number of rotatable bonds is 3. The maximum atomic E-state index is 12.7. The molecule has 1 unspecified atom stereocenters. The fraction of sp³-hybridized carbons (Fsp3) is 0.625. The van der Waals surface area contributed by atoms with E-state index in [2.05, 4.69) is 15.2 Å². The van der Waals surface area contributed by atoms with E-state index in [9.17, 15) is 4.79 Å². The van der Waals surface area contributed by atoms with Crippen molar-refractivity contribution in [1.82, 2.24) is 14.8 Å². The molecule has 1 atom stereocenters. The second kappa shape index (κ2) is 6.02. The lowest BCUT2D eigenvalue weighted by atomic mass is 10.1. The van der Waals surface area contributed by atoms with Gasteiger partial charge in [-0.2, -0.15) is 0 Å². The van der Waals surface area contributed by atoms with Gasteiger partial charge < -0.3 is 10.2 Å². The number of piperazine rings is 1. The van der Waals surface area contributed by atoms with E-state index >= 15 is 0 Å². The second-order valence-electron chi connectivity index (χ2n) is 6.00. The Bertz CT molecular complexity index is 531. The topological polar surface area (TPSA) is 48.5 Å². The van der Waals surface area contributed by atoms with Crippen LogP contribution in [0.1, 0.15) is 35.8 Å². The van der Waals surface area contributed by atoms with Gasteiger partial charge in [0.25, 0.3) is 5.91 Å². The first-order valence-electron chi connectivity index (χ1n) is 7.93. The zero-order valence-corrected chi connectivity index (χ0v) is 12.9. The summed E-state index contributed by atoms with van der Waals surface area (Å²) in [7, 11) is 0. The summed E-state index contributed by atoms with van der Waals surface area (Å²) in [4.78, 5) is 21.7. The van der Waals surface area contributed by atoms with Gasteiger partial charge in [0, 0.05) is 43.5 Å². The first-order valence-corrected chi connectivity index (χ1v) is 7.93. The van der Waals surface area contributed by atoms with Crippen molar-refractivity contribution in [1.29, 1.82) is 0 Å². The van der Waals surface area contributed by atoms with E-state index in [1.165, 1.54) is 19.4 Å². The number of aromatic nitrogens is 1. The van der Waals surface area contributed by atoms with Crippen molar-refractivity contribution in [2.24, 2.45) is 0 Å². The molecule has 1 N–H and O–H groups in total. The van der Waals surface area contributed by atoms with Crippen LogP contribution in [0, 0.1) is 6.92 Å². The minimum Gasteiger partial charge on any atom is -0.370 e. The van der Waals surface area contributed by atoms with Crippen molar-refractivity contribution in [2.75, 3.05) is 38.0 Å². The predicted molar refractivity (Wildman–Crippen MR) is 83.6 cm³/mol. The van der Waals surface area contributed by atoms with Crippen molar-refractivity contribution < 1.29 is 4.79 Å². The van der Waals surface area contributed by atoms with Crippen molar-refractivity contribution in [3.05, 3.63) is 23.4 Å². The molecule has 2 aliphatic rings. The van der Waals surface area contributed by atoms with Gasteiger partial charge in [-0.3, -0.25) is 9.69 Å². The van der Waals surface area contributed by atoms with Gasteiger partial charge in [-0.05, 0) is 45.4 Å². The van der Waals surface area contributed by atoms with E-state index in [0.717, 1.165) is 43.3 Å². The molecular weight excluding hydrogens is 264 g/mol. The molecule has 0 aromatic carbocycles. The summed E-state index contributed by atoms with van der Waals surface area (Å²) in [6.07, 6.45) is 2.49.